The van der Waals surface area contributed by atoms with Crippen molar-refractivity contribution < 1.29 is 14.3 Å². The molecule has 0 heterocycles. The number of carbonyl (C=O) groups is 1. The average Bonchev–Trinajstić information content (AvgIpc) is 2.62. The van der Waals surface area contributed by atoms with Crippen molar-refractivity contribution in [2.75, 3.05) is 40.4 Å². The molecule has 30 heavy (non-hydrogen) atoms. The fourth-order valence-electron chi connectivity index (χ4n) is 2.40. The molecule has 2 N–H and O–H groups in total. The fourth-order valence-corrected chi connectivity index (χ4v) is 2.40. The summed E-state index contributed by atoms with van der Waals surface area (Å²) in [5.41, 5.74) is 1.85. The van der Waals surface area contributed by atoms with E-state index in [1.54, 1.807) is 19.0 Å². The Kier molecular flexibility index (Phi) is 13.7. The van der Waals surface area contributed by atoms with Crippen molar-refractivity contribution in [1.82, 2.24) is 15.5 Å². The highest BCUT2D eigenvalue weighted by molar-refractivity contribution is 14.0. The minimum atomic E-state index is -0.289. The molecule has 0 spiro atoms. The van der Waals surface area contributed by atoms with Crippen LogP contribution >= 0.6 is 24.0 Å². The Hall–Kier alpha value is -1.55. The standard InChI is InChI=1S/C22H38N4O3.HI/c1-8-28-13-9-12-23-21(25-16-20(27)26(6)7)24-15-18-11-10-17(2)14-19(18)29-22(3,4)5;/h10-11,14H,8-9,12-13,15-16H2,1-7H3,(H2,23,24,25);1H. The average molecular weight is 534 g/mol. The Morgan fingerprint density at radius 1 is 1.20 bits per heavy atom. The second-order valence-electron chi connectivity index (χ2n) is 8.11. The first-order valence-corrected chi connectivity index (χ1v) is 10.2. The number of aryl methyl sites for hydroxylation is 1. The Labute approximate surface area is 199 Å². The molecule has 0 saturated heterocycles. The lowest BCUT2D eigenvalue weighted by Gasteiger charge is -2.23. The van der Waals surface area contributed by atoms with Gasteiger partial charge in [0.15, 0.2) is 5.96 Å². The molecule has 0 saturated carbocycles. The molecule has 7 nitrogen and oxygen atoms in total. The number of halogens is 1. The molecule has 0 atom stereocenters. The quantitative estimate of drug-likeness (QED) is 0.209. The number of nitrogens with one attached hydrogen (secondary N) is 2. The number of amides is 1. The highest BCUT2D eigenvalue weighted by atomic mass is 127. The van der Waals surface area contributed by atoms with Crippen LogP contribution < -0.4 is 15.4 Å². The van der Waals surface area contributed by atoms with Crippen LogP contribution in [0.1, 0.15) is 45.2 Å². The minimum absolute atomic E-state index is 0. The van der Waals surface area contributed by atoms with Gasteiger partial charge in [-0.05, 0) is 52.7 Å². The van der Waals surface area contributed by atoms with Crippen LogP contribution in [0.4, 0.5) is 0 Å². The molecule has 0 aliphatic heterocycles. The van der Waals surface area contributed by atoms with Crippen LogP contribution in [0.25, 0.3) is 0 Å². The molecule has 0 aromatic heterocycles. The zero-order valence-electron chi connectivity index (χ0n) is 19.5. The van der Waals surface area contributed by atoms with Gasteiger partial charge in [0.1, 0.15) is 11.4 Å². The van der Waals surface area contributed by atoms with E-state index in [9.17, 15) is 4.79 Å². The fraction of sp³-hybridized carbons (Fsp3) is 0.636. The lowest BCUT2D eigenvalue weighted by Crippen LogP contribution is -2.43. The first-order chi connectivity index (χ1) is 13.6. The van der Waals surface area contributed by atoms with E-state index in [4.69, 9.17) is 9.47 Å². The van der Waals surface area contributed by atoms with E-state index in [-0.39, 0.29) is 42.0 Å². The predicted molar refractivity (Wildman–Crippen MR) is 134 cm³/mol. The third-order valence-electron chi connectivity index (χ3n) is 3.91. The van der Waals surface area contributed by atoms with Crippen LogP contribution in [0.3, 0.4) is 0 Å². The van der Waals surface area contributed by atoms with Gasteiger partial charge in [0, 0.05) is 39.4 Å². The number of guanidine groups is 1. The number of benzene rings is 1. The van der Waals surface area contributed by atoms with E-state index < -0.39 is 0 Å². The Bertz CT molecular complexity index is 673. The van der Waals surface area contributed by atoms with E-state index in [1.807, 2.05) is 46.8 Å². The summed E-state index contributed by atoms with van der Waals surface area (Å²) < 4.78 is 11.5. The van der Waals surface area contributed by atoms with E-state index >= 15 is 0 Å². The third kappa shape index (κ3) is 12.2. The van der Waals surface area contributed by atoms with Gasteiger partial charge in [-0.1, -0.05) is 12.1 Å². The molecule has 8 heteroatoms. The smallest absolute Gasteiger partial charge is 0.241 e. The van der Waals surface area contributed by atoms with E-state index in [2.05, 4.69) is 21.7 Å². The molecule has 0 bridgehead atoms. The van der Waals surface area contributed by atoms with Gasteiger partial charge >= 0.3 is 0 Å². The van der Waals surface area contributed by atoms with Gasteiger partial charge < -0.3 is 25.0 Å². The molecular formula is C22H39IN4O3. The summed E-state index contributed by atoms with van der Waals surface area (Å²) in [6.45, 7) is 12.9. The van der Waals surface area contributed by atoms with Gasteiger partial charge in [0.25, 0.3) is 0 Å². The van der Waals surface area contributed by atoms with Gasteiger partial charge in [-0.15, -0.1) is 24.0 Å². The largest absolute Gasteiger partial charge is 0.488 e. The van der Waals surface area contributed by atoms with Crippen molar-refractivity contribution in [3.05, 3.63) is 29.3 Å². The van der Waals surface area contributed by atoms with Gasteiger partial charge in [0.2, 0.25) is 5.91 Å². The maximum absolute atomic E-state index is 11.9. The maximum Gasteiger partial charge on any atom is 0.241 e. The van der Waals surface area contributed by atoms with Gasteiger partial charge in [0.05, 0.1) is 13.1 Å². The molecule has 172 valence electrons. The number of nitrogens with zero attached hydrogens (tertiary/aromatic N) is 2. The Morgan fingerprint density at radius 2 is 1.90 bits per heavy atom. The molecule has 0 aliphatic carbocycles. The Balaban J connectivity index is 0.00000841. The van der Waals surface area contributed by atoms with Crippen LogP contribution in [-0.4, -0.2) is 62.8 Å². The topological polar surface area (TPSA) is 75.2 Å². The van der Waals surface area contributed by atoms with Crippen LogP contribution in [0, 0.1) is 6.92 Å². The van der Waals surface area contributed by atoms with Crippen molar-refractivity contribution in [2.45, 2.75) is 53.2 Å². The molecule has 0 unspecified atom stereocenters. The number of aliphatic imine (C=N–C) groups is 1. The first kappa shape index (κ1) is 28.5. The van der Waals surface area contributed by atoms with Gasteiger partial charge in [-0.2, -0.15) is 0 Å². The molecule has 1 rings (SSSR count). The number of hydrogen-bond donors (Lipinski definition) is 2. The molecule has 1 aromatic carbocycles. The second-order valence-corrected chi connectivity index (χ2v) is 8.11. The monoisotopic (exact) mass is 534 g/mol. The number of rotatable bonds is 10. The highest BCUT2D eigenvalue weighted by Crippen LogP contribution is 2.25. The summed E-state index contributed by atoms with van der Waals surface area (Å²) in [5, 5.41) is 6.38. The summed E-state index contributed by atoms with van der Waals surface area (Å²) >= 11 is 0. The number of carbonyl (C=O) groups excluding carboxylic acids is 1. The van der Waals surface area contributed by atoms with Crippen LogP contribution in [-0.2, 0) is 16.1 Å². The summed E-state index contributed by atoms with van der Waals surface area (Å²) in [6.07, 6.45) is 0.860. The molecule has 0 fully saturated rings. The lowest BCUT2D eigenvalue weighted by molar-refractivity contribution is -0.127. The molecule has 0 aliphatic rings. The summed E-state index contributed by atoms with van der Waals surface area (Å²) in [7, 11) is 3.47. The molecule has 0 radical (unpaired) electrons. The summed E-state index contributed by atoms with van der Waals surface area (Å²) in [4.78, 5) is 18.1. The third-order valence-corrected chi connectivity index (χ3v) is 3.91. The van der Waals surface area contributed by atoms with E-state index in [0.717, 1.165) is 23.3 Å². The van der Waals surface area contributed by atoms with Crippen molar-refractivity contribution in [3.63, 3.8) is 0 Å². The normalized spacial score (nSPS) is 11.5. The lowest BCUT2D eigenvalue weighted by atomic mass is 10.1. The van der Waals surface area contributed by atoms with Crippen molar-refractivity contribution in [2.24, 2.45) is 4.99 Å². The van der Waals surface area contributed by atoms with Crippen LogP contribution in [0.2, 0.25) is 0 Å². The molecule has 1 amide bonds. The summed E-state index contributed by atoms with van der Waals surface area (Å²) in [6, 6.07) is 6.13. The van der Waals surface area contributed by atoms with Gasteiger partial charge in [-0.3, -0.25) is 4.79 Å². The first-order valence-electron chi connectivity index (χ1n) is 10.2. The van der Waals surface area contributed by atoms with Crippen molar-refractivity contribution in [1.29, 1.82) is 0 Å². The summed E-state index contributed by atoms with van der Waals surface area (Å²) in [5.74, 6) is 1.42. The Morgan fingerprint density at radius 3 is 2.50 bits per heavy atom. The maximum atomic E-state index is 11.9. The SMILES string of the molecule is CCOCCCNC(=NCc1ccc(C)cc1OC(C)(C)C)NCC(=O)N(C)C.I. The molecule has 1 aromatic rings. The van der Waals surface area contributed by atoms with Crippen LogP contribution in [0.15, 0.2) is 23.2 Å². The number of ether oxygens (including phenoxy) is 2. The van der Waals surface area contributed by atoms with E-state index in [1.165, 1.54) is 0 Å². The zero-order chi connectivity index (χ0) is 21.9. The second kappa shape index (κ2) is 14.5. The van der Waals surface area contributed by atoms with Crippen molar-refractivity contribution >= 4 is 35.8 Å². The van der Waals surface area contributed by atoms with Crippen LogP contribution in [0.5, 0.6) is 5.75 Å². The van der Waals surface area contributed by atoms with Crippen molar-refractivity contribution in [3.8, 4) is 5.75 Å². The predicted octanol–water partition coefficient (Wildman–Crippen LogP) is 3.34. The molecular weight excluding hydrogens is 495 g/mol. The van der Waals surface area contributed by atoms with E-state index in [0.29, 0.717) is 32.3 Å². The number of likely N-dealkylation sites (N-methyl/N-ethyl adjacent to an activating group) is 1. The highest BCUT2D eigenvalue weighted by Gasteiger charge is 2.15. The zero-order valence-corrected chi connectivity index (χ0v) is 21.8. The van der Waals surface area contributed by atoms with Gasteiger partial charge in [-0.25, -0.2) is 4.99 Å². The minimum Gasteiger partial charge on any atom is -0.488 e. The number of hydrogen-bond acceptors (Lipinski definition) is 4.